The van der Waals surface area contributed by atoms with Gasteiger partial charge in [-0.05, 0) is 72.0 Å². The molecule has 3 rings (SSSR count). The molecule has 0 radical (unpaired) electrons. The van der Waals surface area contributed by atoms with Gasteiger partial charge in [0.1, 0.15) is 5.75 Å². The van der Waals surface area contributed by atoms with Crippen LogP contribution in [-0.4, -0.2) is 5.11 Å². The second-order valence-electron chi connectivity index (χ2n) is 5.52. The lowest BCUT2D eigenvalue weighted by Crippen LogP contribution is -1.90. The Labute approximate surface area is 119 Å². The van der Waals surface area contributed by atoms with Crippen LogP contribution in [0.4, 0.5) is 0 Å². The summed E-state index contributed by atoms with van der Waals surface area (Å²) in [7, 11) is 0. The fourth-order valence-electron chi connectivity index (χ4n) is 3.02. The van der Waals surface area contributed by atoms with Crippen LogP contribution in [0.15, 0.2) is 48.5 Å². The number of phenols is 1. The number of aromatic hydroxyl groups is 1. The van der Waals surface area contributed by atoms with Gasteiger partial charge in [0.15, 0.2) is 0 Å². The molecule has 0 unspecified atom stereocenters. The molecule has 0 saturated carbocycles. The number of rotatable bonds is 1. The third-order valence-electron chi connectivity index (χ3n) is 3.79. The van der Waals surface area contributed by atoms with Gasteiger partial charge in [0, 0.05) is 0 Å². The molecule has 0 heterocycles. The lowest BCUT2D eigenvalue weighted by molar-refractivity contribution is 0.476. The fourth-order valence-corrected chi connectivity index (χ4v) is 3.02. The van der Waals surface area contributed by atoms with Gasteiger partial charge in [-0.15, -0.1) is 0 Å². The van der Waals surface area contributed by atoms with E-state index >= 15 is 0 Å². The first-order valence-corrected chi connectivity index (χ1v) is 6.85. The molecule has 3 aromatic carbocycles. The van der Waals surface area contributed by atoms with Crippen molar-refractivity contribution in [2.24, 2.45) is 0 Å². The normalized spacial score (nSPS) is 10.9. The van der Waals surface area contributed by atoms with Crippen molar-refractivity contribution >= 4 is 10.8 Å². The predicted molar refractivity (Wildman–Crippen MR) is 85.3 cm³/mol. The van der Waals surface area contributed by atoms with E-state index in [2.05, 4.69) is 51.1 Å². The summed E-state index contributed by atoms with van der Waals surface area (Å²) < 4.78 is 0. The molecule has 1 heteroatoms. The number of aryl methyl sites for hydroxylation is 3. The summed E-state index contributed by atoms with van der Waals surface area (Å²) in [5, 5.41) is 11.8. The van der Waals surface area contributed by atoms with Gasteiger partial charge in [0.2, 0.25) is 0 Å². The average Bonchev–Trinajstić information content (AvgIpc) is 2.37. The Morgan fingerprint density at radius 2 is 1.30 bits per heavy atom. The first-order valence-electron chi connectivity index (χ1n) is 6.85. The van der Waals surface area contributed by atoms with Crippen LogP contribution in [0.5, 0.6) is 5.75 Å². The van der Waals surface area contributed by atoms with Gasteiger partial charge >= 0.3 is 0 Å². The van der Waals surface area contributed by atoms with Crippen LogP contribution >= 0.6 is 0 Å². The predicted octanol–water partition coefficient (Wildman–Crippen LogP) is 5.14. The lowest BCUT2D eigenvalue weighted by Gasteiger charge is -2.12. The van der Waals surface area contributed by atoms with E-state index < -0.39 is 0 Å². The highest BCUT2D eigenvalue weighted by atomic mass is 16.3. The molecule has 1 nitrogen and oxygen atoms in total. The van der Waals surface area contributed by atoms with Gasteiger partial charge in [-0.25, -0.2) is 0 Å². The molecular formula is C19H18O. The number of hydrogen-bond acceptors (Lipinski definition) is 1. The van der Waals surface area contributed by atoms with Gasteiger partial charge < -0.3 is 5.11 Å². The molecule has 0 spiro atoms. The van der Waals surface area contributed by atoms with Crippen molar-refractivity contribution in [3.8, 4) is 16.9 Å². The largest absolute Gasteiger partial charge is 0.508 e. The van der Waals surface area contributed by atoms with Crippen molar-refractivity contribution in [3.05, 3.63) is 65.2 Å². The molecule has 1 N–H and O–H groups in total. The summed E-state index contributed by atoms with van der Waals surface area (Å²) in [6, 6.07) is 16.4. The lowest BCUT2D eigenvalue weighted by atomic mass is 9.92. The third-order valence-corrected chi connectivity index (χ3v) is 3.79. The van der Waals surface area contributed by atoms with Crippen LogP contribution in [0.2, 0.25) is 0 Å². The van der Waals surface area contributed by atoms with Crippen LogP contribution in [0.1, 0.15) is 16.7 Å². The van der Waals surface area contributed by atoms with Crippen molar-refractivity contribution in [2.45, 2.75) is 20.8 Å². The molecule has 0 fully saturated rings. The molecule has 20 heavy (non-hydrogen) atoms. The molecule has 0 aromatic heterocycles. The molecule has 0 aliphatic rings. The van der Waals surface area contributed by atoms with Crippen LogP contribution in [0, 0.1) is 20.8 Å². The summed E-state index contributed by atoms with van der Waals surface area (Å²) in [5.74, 6) is 0.313. The Bertz CT molecular complexity index is 777. The molecule has 3 aromatic rings. The number of benzene rings is 3. The zero-order valence-electron chi connectivity index (χ0n) is 12.1. The summed E-state index contributed by atoms with van der Waals surface area (Å²) >= 11 is 0. The Balaban J connectivity index is 2.23. The third kappa shape index (κ3) is 2.16. The summed E-state index contributed by atoms with van der Waals surface area (Å²) in [6.45, 7) is 6.46. The van der Waals surface area contributed by atoms with E-state index in [1.165, 1.54) is 27.8 Å². The molecule has 0 atom stereocenters. The maximum atomic E-state index is 9.54. The Morgan fingerprint density at radius 1 is 0.700 bits per heavy atom. The minimum atomic E-state index is 0.313. The standard InChI is InChI=1S/C19H18O/c1-12-8-13(2)19(14(3)9-12)17-5-4-16-11-18(20)7-6-15(16)10-17/h4-11,20H,1-3H3. The van der Waals surface area contributed by atoms with Crippen molar-refractivity contribution in [1.82, 2.24) is 0 Å². The van der Waals surface area contributed by atoms with E-state index in [9.17, 15) is 5.11 Å². The molecule has 0 amide bonds. The van der Waals surface area contributed by atoms with Gasteiger partial charge in [0.05, 0.1) is 0 Å². The van der Waals surface area contributed by atoms with Gasteiger partial charge in [-0.2, -0.15) is 0 Å². The quantitative estimate of drug-likeness (QED) is 0.644. The average molecular weight is 262 g/mol. The van der Waals surface area contributed by atoms with Crippen molar-refractivity contribution < 1.29 is 5.11 Å². The molecule has 0 aliphatic heterocycles. The van der Waals surface area contributed by atoms with Crippen LogP contribution in [0.3, 0.4) is 0 Å². The van der Waals surface area contributed by atoms with E-state index in [0.29, 0.717) is 5.75 Å². The first kappa shape index (κ1) is 12.7. The SMILES string of the molecule is Cc1cc(C)c(-c2ccc3cc(O)ccc3c2)c(C)c1. The Kier molecular flexibility index (Phi) is 2.98. The maximum Gasteiger partial charge on any atom is 0.116 e. The summed E-state index contributed by atoms with van der Waals surface area (Å²) in [5.41, 5.74) is 6.46. The van der Waals surface area contributed by atoms with Gasteiger partial charge in [0.25, 0.3) is 0 Å². The van der Waals surface area contributed by atoms with Crippen LogP contribution < -0.4 is 0 Å². The summed E-state index contributed by atoms with van der Waals surface area (Å²) in [4.78, 5) is 0. The van der Waals surface area contributed by atoms with E-state index in [0.717, 1.165) is 10.8 Å². The molecule has 0 saturated heterocycles. The number of hydrogen-bond donors (Lipinski definition) is 1. The second-order valence-corrected chi connectivity index (χ2v) is 5.52. The van der Waals surface area contributed by atoms with Crippen LogP contribution in [0.25, 0.3) is 21.9 Å². The van der Waals surface area contributed by atoms with Crippen molar-refractivity contribution in [1.29, 1.82) is 0 Å². The van der Waals surface area contributed by atoms with E-state index in [1.54, 1.807) is 12.1 Å². The minimum absolute atomic E-state index is 0.313. The Morgan fingerprint density at radius 3 is 2.00 bits per heavy atom. The highest BCUT2D eigenvalue weighted by molar-refractivity contribution is 5.89. The van der Waals surface area contributed by atoms with Gasteiger partial charge in [-0.1, -0.05) is 35.9 Å². The van der Waals surface area contributed by atoms with E-state index in [-0.39, 0.29) is 0 Å². The van der Waals surface area contributed by atoms with Crippen molar-refractivity contribution in [3.63, 3.8) is 0 Å². The second kappa shape index (κ2) is 4.68. The molecule has 0 aliphatic carbocycles. The van der Waals surface area contributed by atoms with Gasteiger partial charge in [-0.3, -0.25) is 0 Å². The summed E-state index contributed by atoms with van der Waals surface area (Å²) in [6.07, 6.45) is 0. The number of phenolic OH excluding ortho intramolecular Hbond substituents is 1. The molecule has 0 bridgehead atoms. The number of fused-ring (bicyclic) bond motifs is 1. The minimum Gasteiger partial charge on any atom is -0.508 e. The van der Waals surface area contributed by atoms with Crippen LogP contribution in [-0.2, 0) is 0 Å². The highest BCUT2D eigenvalue weighted by Gasteiger charge is 2.07. The zero-order valence-corrected chi connectivity index (χ0v) is 12.1. The monoisotopic (exact) mass is 262 g/mol. The smallest absolute Gasteiger partial charge is 0.116 e. The first-order chi connectivity index (χ1) is 9.54. The van der Waals surface area contributed by atoms with E-state index in [1.807, 2.05) is 6.07 Å². The molecular weight excluding hydrogens is 244 g/mol. The topological polar surface area (TPSA) is 20.2 Å². The molecule has 100 valence electrons. The Hall–Kier alpha value is -2.28. The van der Waals surface area contributed by atoms with Crippen molar-refractivity contribution in [2.75, 3.05) is 0 Å². The highest BCUT2D eigenvalue weighted by Crippen LogP contribution is 2.31. The zero-order chi connectivity index (χ0) is 14.3. The van der Waals surface area contributed by atoms with E-state index in [4.69, 9.17) is 0 Å². The maximum absolute atomic E-state index is 9.54. The fraction of sp³-hybridized carbons (Fsp3) is 0.158.